The SMILES string of the molecule is CN(C)C(=O)c1ccc([SH](C)C)cc1. The number of nitrogens with zero attached hydrogens (tertiary/aromatic N) is 1. The van der Waals surface area contributed by atoms with Crippen LogP contribution in [0.15, 0.2) is 29.2 Å². The normalized spacial score (nSPS) is 11.0. The zero-order valence-corrected chi connectivity index (χ0v) is 10.0. The van der Waals surface area contributed by atoms with Crippen LogP contribution >= 0.6 is 10.9 Å². The van der Waals surface area contributed by atoms with Crippen molar-refractivity contribution < 1.29 is 4.79 Å². The van der Waals surface area contributed by atoms with Crippen LogP contribution in [0.1, 0.15) is 10.4 Å². The molecule has 0 N–H and O–H groups in total. The molecule has 0 aliphatic carbocycles. The summed E-state index contributed by atoms with van der Waals surface area (Å²) in [5.74, 6) is 0.0630. The van der Waals surface area contributed by atoms with Crippen molar-refractivity contribution in [2.24, 2.45) is 0 Å². The summed E-state index contributed by atoms with van der Waals surface area (Å²) in [4.78, 5) is 14.5. The van der Waals surface area contributed by atoms with E-state index >= 15 is 0 Å². The van der Waals surface area contributed by atoms with Crippen LogP contribution in [0.25, 0.3) is 0 Å². The van der Waals surface area contributed by atoms with E-state index < -0.39 is 0 Å². The first kappa shape index (κ1) is 11.1. The van der Waals surface area contributed by atoms with Crippen molar-refractivity contribution in [1.29, 1.82) is 0 Å². The summed E-state index contributed by atoms with van der Waals surface area (Å²) >= 11 is 0. The molecule has 14 heavy (non-hydrogen) atoms. The summed E-state index contributed by atoms with van der Waals surface area (Å²) in [7, 11) is 3.47. The van der Waals surface area contributed by atoms with E-state index in [0.717, 1.165) is 5.56 Å². The van der Waals surface area contributed by atoms with Crippen molar-refractivity contribution in [2.45, 2.75) is 4.90 Å². The lowest BCUT2D eigenvalue weighted by Crippen LogP contribution is -2.21. The highest BCUT2D eigenvalue weighted by molar-refractivity contribution is 8.15. The van der Waals surface area contributed by atoms with Gasteiger partial charge in [0.2, 0.25) is 0 Å². The highest BCUT2D eigenvalue weighted by Gasteiger charge is 2.06. The summed E-state index contributed by atoms with van der Waals surface area (Å²) in [6.07, 6.45) is 4.41. The summed E-state index contributed by atoms with van der Waals surface area (Å²) in [5, 5.41) is 0. The van der Waals surface area contributed by atoms with Crippen molar-refractivity contribution in [3.8, 4) is 0 Å². The summed E-state index contributed by atoms with van der Waals surface area (Å²) in [5.41, 5.74) is 0.760. The Kier molecular flexibility index (Phi) is 3.58. The lowest BCUT2D eigenvalue weighted by atomic mass is 10.2. The zero-order valence-electron chi connectivity index (χ0n) is 9.11. The van der Waals surface area contributed by atoms with Gasteiger partial charge in [-0.05, 0) is 41.7 Å². The lowest BCUT2D eigenvalue weighted by Gasteiger charge is -2.12. The van der Waals surface area contributed by atoms with E-state index in [4.69, 9.17) is 0 Å². The number of carbonyl (C=O) groups excluding carboxylic acids is 1. The van der Waals surface area contributed by atoms with Crippen LogP contribution in [0.3, 0.4) is 0 Å². The Morgan fingerprint density at radius 2 is 1.64 bits per heavy atom. The molecule has 0 heterocycles. The molecular weight excluding hydrogens is 194 g/mol. The molecule has 3 heteroatoms. The predicted molar refractivity (Wildman–Crippen MR) is 63.6 cm³/mol. The molecule has 0 aliphatic rings. The van der Waals surface area contributed by atoms with E-state index in [-0.39, 0.29) is 16.8 Å². The standard InChI is InChI=1S/C11H17NOS/c1-12(2)11(13)9-5-7-10(8-6-9)14(3)4/h5-8,14H,1-4H3. The largest absolute Gasteiger partial charge is 0.345 e. The molecular formula is C11H17NOS. The molecule has 0 aliphatic heterocycles. The van der Waals surface area contributed by atoms with Crippen molar-refractivity contribution in [3.63, 3.8) is 0 Å². The third kappa shape index (κ3) is 2.51. The van der Waals surface area contributed by atoms with Gasteiger partial charge in [0.1, 0.15) is 0 Å². The van der Waals surface area contributed by atoms with E-state index in [1.807, 2.05) is 24.3 Å². The van der Waals surface area contributed by atoms with Gasteiger partial charge in [-0.25, -0.2) is 10.9 Å². The molecule has 1 aromatic carbocycles. The Hall–Kier alpha value is -0.960. The maximum absolute atomic E-state index is 11.6. The Morgan fingerprint density at radius 3 is 2.00 bits per heavy atom. The Labute approximate surface area is 88.3 Å². The number of amides is 1. The van der Waals surface area contributed by atoms with Gasteiger partial charge in [0, 0.05) is 19.7 Å². The van der Waals surface area contributed by atoms with Gasteiger partial charge in [0.15, 0.2) is 0 Å². The number of hydrogen-bond donors (Lipinski definition) is 1. The van der Waals surface area contributed by atoms with Crippen molar-refractivity contribution in [1.82, 2.24) is 4.90 Å². The summed E-state index contributed by atoms with van der Waals surface area (Å²) in [6, 6.07) is 7.89. The van der Waals surface area contributed by atoms with Gasteiger partial charge in [-0.15, -0.1) is 0 Å². The third-order valence-corrected chi connectivity index (χ3v) is 3.37. The van der Waals surface area contributed by atoms with Crippen molar-refractivity contribution in [3.05, 3.63) is 29.8 Å². The summed E-state index contributed by atoms with van der Waals surface area (Å²) < 4.78 is 0. The van der Waals surface area contributed by atoms with Crippen LogP contribution in [0, 0.1) is 0 Å². The fraction of sp³-hybridized carbons (Fsp3) is 0.364. The van der Waals surface area contributed by atoms with E-state index in [0.29, 0.717) is 0 Å². The van der Waals surface area contributed by atoms with Gasteiger partial charge in [0.05, 0.1) is 0 Å². The second-order valence-electron chi connectivity index (χ2n) is 3.64. The molecule has 0 fully saturated rings. The van der Waals surface area contributed by atoms with Crippen LogP contribution in [0.4, 0.5) is 0 Å². The van der Waals surface area contributed by atoms with Gasteiger partial charge >= 0.3 is 0 Å². The molecule has 0 saturated heterocycles. The van der Waals surface area contributed by atoms with Gasteiger partial charge in [-0.1, -0.05) is 0 Å². The molecule has 78 valence electrons. The molecule has 1 amide bonds. The van der Waals surface area contributed by atoms with Gasteiger partial charge in [0.25, 0.3) is 5.91 Å². The van der Waals surface area contributed by atoms with Crippen LogP contribution in [-0.2, 0) is 0 Å². The molecule has 0 spiro atoms. The van der Waals surface area contributed by atoms with Crippen LogP contribution in [0.2, 0.25) is 0 Å². The minimum absolute atomic E-state index is 0.0630. The number of hydrogen-bond acceptors (Lipinski definition) is 1. The van der Waals surface area contributed by atoms with Gasteiger partial charge in [-0.2, -0.15) is 0 Å². The minimum atomic E-state index is -0.0675. The van der Waals surface area contributed by atoms with Crippen molar-refractivity contribution in [2.75, 3.05) is 26.6 Å². The molecule has 1 rings (SSSR count). The topological polar surface area (TPSA) is 20.3 Å². The van der Waals surface area contributed by atoms with E-state index in [2.05, 4.69) is 12.5 Å². The number of benzene rings is 1. The molecule has 1 aromatic rings. The average Bonchev–Trinajstić information content (AvgIpc) is 2.16. The molecule has 0 atom stereocenters. The highest BCUT2D eigenvalue weighted by Crippen LogP contribution is 2.27. The van der Waals surface area contributed by atoms with E-state index in [1.165, 1.54) is 4.90 Å². The first-order valence-corrected chi connectivity index (χ1v) is 6.75. The molecule has 0 radical (unpaired) electrons. The lowest BCUT2D eigenvalue weighted by molar-refractivity contribution is 0.0827. The van der Waals surface area contributed by atoms with Gasteiger partial charge in [-0.3, -0.25) is 4.79 Å². The molecule has 0 aromatic heterocycles. The van der Waals surface area contributed by atoms with Crippen LogP contribution in [0.5, 0.6) is 0 Å². The van der Waals surface area contributed by atoms with E-state index in [1.54, 1.807) is 19.0 Å². The Morgan fingerprint density at radius 1 is 1.14 bits per heavy atom. The highest BCUT2D eigenvalue weighted by atomic mass is 32.2. The van der Waals surface area contributed by atoms with Gasteiger partial charge < -0.3 is 4.90 Å². The smallest absolute Gasteiger partial charge is 0.253 e. The fourth-order valence-electron chi connectivity index (χ4n) is 1.16. The predicted octanol–water partition coefficient (Wildman–Crippen LogP) is 2.01. The first-order chi connectivity index (χ1) is 6.52. The summed E-state index contributed by atoms with van der Waals surface area (Å²) in [6.45, 7) is 0. The molecule has 2 nitrogen and oxygen atoms in total. The third-order valence-electron chi connectivity index (χ3n) is 2.04. The van der Waals surface area contributed by atoms with Crippen molar-refractivity contribution >= 4 is 16.8 Å². The average molecular weight is 211 g/mol. The maximum atomic E-state index is 11.6. The van der Waals surface area contributed by atoms with E-state index in [9.17, 15) is 4.79 Å². The minimum Gasteiger partial charge on any atom is -0.345 e. The Balaban J connectivity index is 2.89. The molecule has 0 unspecified atom stereocenters. The second-order valence-corrected chi connectivity index (χ2v) is 5.95. The molecule has 0 bridgehead atoms. The second kappa shape index (κ2) is 4.51. The quantitative estimate of drug-likeness (QED) is 0.742. The zero-order chi connectivity index (χ0) is 10.7. The number of carbonyl (C=O) groups is 1. The maximum Gasteiger partial charge on any atom is 0.253 e. The Bertz CT molecular complexity index is 317. The number of thiol groups is 1. The first-order valence-electron chi connectivity index (χ1n) is 4.51. The molecule has 0 saturated carbocycles. The van der Waals surface area contributed by atoms with Crippen LogP contribution in [-0.4, -0.2) is 37.4 Å². The fourth-order valence-corrected chi connectivity index (χ4v) is 1.91. The number of rotatable bonds is 2. The monoisotopic (exact) mass is 211 g/mol. The van der Waals surface area contributed by atoms with Crippen LogP contribution < -0.4 is 0 Å².